The third-order valence-electron chi connectivity index (χ3n) is 3.29. The number of aliphatic hydroxyl groups excluding tert-OH is 1. The summed E-state index contributed by atoms with van der Waals surface area (Å²) in [5.74, 6) is -2.68. The third kappa shape index (κ3) is 4.02. The molecule has 0 fully saturated rings. The largest absolute Gasteiger partial charge is 0.489 e. The summed E-state index contributed by atoms with van der Waals surface area (Å²) in [5.41, 5.74) is 1.15. The summed E-state index contributed by atoms with van der Waals surface area (Å²) < 4.78 is 32.6. The maximum absolute atomic E-state index is 13.5. The molecule has 2 aromatic carbocycles. The average molecular weight is 292 g/mol. The van der Waals surface area contributed by atoms with E-state index in [1.54, 1.807) is 12.1 Å². The maximum atomic E-state index is 13.5. The molecule has 2 nitrogen and oxygen atoms in total. The zero-order chi connectivity index (χ0) is 15.3. The van der Waals surface area contributed by atoms with Crippen molar-refractivity contribution in [3.8, 4) is 5.75 Å². The molecule has 0 heterocycles. The Balaban J connectivity index is 2.07. The van der Waals surface area contributed by atoms with Crippen LogP contribution in [0.4, 0.5) is 8.78 Å². The van der Waals surface area contributed by atoms with E-state index in [1.807, 2.05) is 30.3 Å². The van der Waals surface area contributed by atoms with E-state index in [1.165, 1.54) is 19.1 Å². The molecule has 1 N–H and O–H groups in total. The molecule has 0 bridgehead atoms. The Morgan fingerprint density at radius 2 is 1.81 bits per heavy atom. The van der Waals surface area contributed by atoms with Crippen LogP contribution in [-0.4, -0.2) is 11.0 Å². The van der Waals surface area contributed by atoms with Crippen molar-refractivity contribution in [2.75, 3.05) is 0 Å². The van der Waals surface area contributed by atoms with E-state index in [0.29, 0.717) is 12.4 Å². The monoisotopic (exact) mass is 292 g/mol. The lowest BCUT2D eigenvalue weighted by Crippen LogP contribution is -2.25. The normalized spacial score (nSPS) is 13.0. The molecule has 0 spiro atoms. The van der Waals surface area contributed by atoms with E-state index in [0.717, 1.165) is 5.56 Å². The van der Waals surface area contributed by atoms with Gasteiger partial charge in [-0.2, -0.15) is 0 Å². The topological polar surface area (TPSA) is 29.5 Å². The highest BCUT2D eigenvalue weighted by Gasteiger charge is 2.37. The molecule has 0 aliphatic rings. The summed E-state index contributed by atoms with van der Waals surface area (Å²) in [6.45, 7) is 1.70. The molecule has 4 heteroatoms. The van der Waals surface area contributed by atoms with Crippen LogP contribution >= 0.6 is 0 Å². The maximum Gasteiger partial charge on any atom is 0.277 e. The first-order valence-corrected chi connectivity index (χ1v) is 6.85. The van der Waals surface area contributed by atoms with E-state index >= 15 is 0 Å². The molecule has 0 saturated heterocycles. The lowest BCUT2D eigenvalue weighted by Gasteiger charge is -2.21. The predicted octanol–water partition coefficient (Wildman–Crippen LogP) is 4.34. The minimum Gasteiger partial charge on any atom is -0.489 e. The molecular weight excluding hydrogens is 274 g/mol. The smallest absolute Gasteiger partial charge is 0.277 e. The first kappa shape index (κ1) is 15.4. The number of hydrogen-bond acceptors (Lipinski definition) is 2. The van der Waals surface area contributed by atoms with Gasteiger partial charge in [0.1, 0.15) is 18.5 Å². The highest BCUT2D eigenvalue weighted by atomic mass is 19.3. The zero-order valence-electron chi connectivity index (χ0n) is 11.8. The van der Waals surface area contributed by atoms with Gasteiger partial charge in [0.15, 0.2) is 0 Å². The van der Waals surface area contributed by atoms with Gasteiger partial charge in [-0.05, 0) is 23.3 Å². The standard InChI is InChI=1S/C17H18F2O2/c1-2-17(18,19)16(20)14-9-6-10-15(11-14)21-12-13-7-4-3-5-8-13/h3-11,16,20H,2,12H2,1H3. The van der Waals surface area contributed by atoms with Crippen molar-refractivity contribution in [3.63, 3.8) is 0 Å². The van der Waals surface area contributed by atoms with Gasteiger partial charge in [0.05, 0.1) is 0 Å². The van der Waals surface area contributed by atoms with Gasteiger partial charge in [-0.3, -0.25) is 0 Å². The van der Waals surface area contributed by atoms with Crippen LogP contribution in [0, 0.1) is 0 Å². The Hall–Kier alpha value is -1.94. The molecule has 0 aliphatic heterocycles. The van der Waals surface area contributed by atoms with Crippen LogP contribution in [0.25, 0.3) is 0 Å². The molecule has 0 amide bonds. The van der Waals surface area contributed by atoms with Gasteiger partial charge >= 0.3 is 0 Å². The van der Waals surface area contributed by atoms with Crippen LogP contribution in [0.3, 0.4) is 0 Å². The SMILES string of the molecule is CCC(F)(F)C(O)c1cccc(OCc2ccccc2)c1. The van der Waals surface area contributed by atoms with Gasteiger partial charge in [-0.15, -0.1) is 0 Å². The minimum atomic E-state index is -3.14. The van der Waals surface area contributed by atoms with Gasteiger partial charge in [0.25, 0.3) is 5.92 Å². The van der Waals surface area contributed by atoms with Crippen molar-refractivity contribution >= 4 is 0 Å². The van der Waals surface area contributed by atoms with E-state index in [-0.39, 0.29) is 5.56 Å². The highest BCUT2D eigenvalue weighted by Crippen LogP contribution is 2.35. The van der Waals surface area contributed by atoms with Crippen molar-refractivity contribution in [1.82, 2.24) is 0 Å². The second kappa shape index (κ2) is 6.68. The van der Waals surface area contributed by atoms with Crippen LogP contribution < -0.4 is 4.74 Å². The molecule has 0 saturated carbocycles. The Labute approximate surface area is 123 Å². The Bertz CT molecular complexity index is 570. The lowest BCUT2D eigenvalue weighted by atomic mass is 10.0. The molecule has 2 aromatic rings. The first-order chi connectivity index (χ1) is 10.0. The molecule has 1 atom stereocenters. The summed E-state index contributed by atoms with van der Waals surface area (Å²) >= 11 is 0. The van der Waals surface area contributed by atoms with Gasteiger partial charge in [-0.25, -0.2) is 8.78 Å². The fourth-order valence-corrected chi connectivity index (χ4v) is 1.95. The third-order valence-corrected chi connectivity index (χ3v) is 3.29. The Morgan fingerprint density at radius 3 is 2.48 bits per heavy atom. The van der Waals surface area contributed by atoms with Gasteiger partial charge < -0.3 is 9.84 Å². The summed E-state index contributed by atoms with van der Waals surface area (Å²) in [5, 5.41) is 9.75. The van der Waals surface area contributed by atoms with E-state index in [4.69, 9.17) is 4.74 Å². The minimum absolute atomic E-state index is 0.160. The number of benzene rings is 2. The fraction of sp³-hybridized carbons (Fsp3) is 0.294. The van der Waals surface area contributed by atoms with E-state index in [9.17, 15) is 13.9 Å². The number of aliphatic hydroxyl groups is 1. The number of hydrogen-bond donors (Lipinski definition) is 1. The second-order valence-corrected chi connectivity index (χ2v) is 4.86. The molecular formula is C17H18F2O2. The van der Waals surface area contributed by atoms with Gasteiger partial charge in [0.2, 0.25) is 0 Å². The fourth-order valence-electron chi connectivity index (χ4n) is 1.95. The average Bonchev–Trinajstić information content (AvgIpc) is 2.53. The summed E-state index contributed by atoms with van der Waals surface area (Å²) in [6.07, 6.45) is -2.23. The first-order valence-electron chi connectivity index (χ1n) is 6.85. The molecule has 0 radical (unpaired) electrons. The molecule has 1 unspecified atom stereocenters. The van der Waals surface area contributed by atoms with E-state index < -0.39 is 18.4 Å². The van der Waals surface area contributed by atoms with Crippen LogP contribution in [-0.2, 0) is 6.61 Å². The zero-order valence-corrected chi connectivity index (χ0v) is 11.8. The van der Waals surface area contributed by atoms with Crippen LogP contribution in [0.2, 0.25) is 0 Å². The number of alkyl halides is 2. The lowest BCUT2D eigenvalue weighted by molar-refractivity contribution is -0.112. The molecule has 0 aromatic heterocycles. The summed E-state index contributed by atoms with van der Waals surface area (Å²) in [7, 11) is 0. The second-order valence-electron chi connectivity index (χ2n) is 4.86. The quantitative estimate of drug-likeness (QED) is 0.858. The van der Waals surface area contributed by atoms with Crippen LogP contribution in [0.1, 0.15) is 30.6 Å². The van der Waals surface area contributed by atoms with E-state index in [2.05, 4.69) is 0 Å². The molecule has 0 aliphatic carbocycles. The van der Waals surface area contributed by atoms with Crippen molar-refractivity contribution in [2.45, 2.75) is 32.0 Å². The van der Waals surface area contributed by atoms with Crippen LogP contribution in [0.15, 0.2) is 54.6 Å². The summed E-state index contributed by atoms with van der Waals surface area (Å²) in [6, 6.07) is 15.8. The van der Waals surface area contributed by atoms with Crippen molar-refractivity contribution in [2.24, 2.45) is 0 Å². The van der Waals surface area contributed by atoms with Crippen molar-refractivity contribution < 1.29 is 18.6 Å². The number of ether oxygens (including phenoxy) is 1. The van der Waals surface area contributed by atoms with Gasteiger partial charge in [-0.1, -0.05) is 49.4 Å². The Morgan fingerprint density at radius 1 is 1.10 bits per heavy atom. The summed E-state index contributed by atoms with van der Waals surface area (Å²) in [4.78, 5) is 0. The van der Waals surface area contributed by atoms with Crippen LogP contribution in [0.5, 0.6) is 5.75 Å². The predicted molar refractivity (Wildman–Crippen MR) is 77.4 cm³/mol. The Kier molecular flexibility index (Phi) is 4.91. The number of rotatable bonds is 6. The molecule has 112 valence electrons. The molecule has 21 heavy (non-hydrogen) atoms. The highest BCUT2D eigenvalue weighted by molar-refractivity contribution is 5.31. The molecule has 2 rings (SSSR count). The number of halogens is 2. The van der Waals surface area contributed by atoms with Crippen molar-refractivity contribution in [3.05, 3.63) is 65.7 Å². The van der Waals surface area contributed by atoms with Gasteiger partial charge in [0, 0.05) is 6.42 Å². The van der Waals surface area contributed by atoms with Crippen molar-refractivity contribution in [1.29, 1.82) is 0 Å².